The van der Waals surface area contributed by atoms with Gasteiger partial charge in [-0.1, -0.05) is 0 Å². The van der Waals surface area contributed by atoms with E-state index in [4.69, 9.17) is 4.74 Å². The van der Waals surface area contributed by atoms with Crippen LogP contribution in [-0.4, -0.2) is 30.5 Å². The highest BCUT2D eigenvalue weighted by molar-refractivity contribution is 7.98. The molecule has 1 amide bonds. The van der Waals surface area contributed by atoms with Crippen molar-refractivity contribution in [3.8, 4) is 0 Å². The smallest absolute Gasteiger partial charge is 0.338 e. The van der Waals surface area contributed by atoms with Crippen LogP contribution in [0, 0.1) is 0 Å². The molecule has 0 saturated carbocycles. The molecule has 0 aliphatic carbocycles. The highest BCUT2D eigenvalue weighted by Gasteiger charge is 2.12. The van der Waals surface area contributed by atoms with Crippen molar-refractivity contribution in [2.75, 3.05) is 18.2 Å². The van der Waals surface area contributed by atoms with E-state index in [-0.39, 0.29) is 18.3 Å². The maximum atomic E-state index is 12.0. The maximum absolute atomic E-state index is 12.0. The molecule has 2 rings (SSSR count). The average molecular weight is 343 g/mol. The predicted octanol–water partition coefficient (Wildman–Crippen LogP) is 3.41. The maximum Gasteiger partial charge on any atom is 0.338 e. The van der Waals surface area contributed by atoms with Crippen LogP contribution in [-0.2, 0) is 9.53 Å². The van der Waals surface area contributed by atoms with Crippen LogP contribution in [0.15, 0.2) is 53.4 Å². The number of ketones is 1. The zero-order chi connectivity index (χ0) is 17.5. The average Bonchev–Trinajstić information content (AvgIpc) is 2.59. The first kappa shape index (κ1) is 17.7. The zero-order valence-electron chi connectivity index (χ0n) is 13.4. The van der Waals surface area contributed by atoms with Crippen molar-refractivity contribution in [2.45, 2.75) is 11.8 Å². The summed E-state index contributed by atoms with van der Waals surface area (Å²) in [4.78, 5) is 36.0. The molecule has 0 saturated heterocycles. The molecular weight excluding hydrogens is 326 g/mol. The van der Waals surface area contributed by atoms with E-state index in [0.29, 0.717) is 16.8 Å². The van der Waals surface area contributed by atoms with E-state index in [1.54, 1.807) is 48.2 Å². The van der Waals surface area contributed by atoms with Crippen LogP contribution in [0.25, 0.3) is 0 Å². The van der Waals surface area contributed by atoms with Crippen molar-refractivity contribution in [1.82, 2.24) is 0 Å². The van der Waals surface area contributed by atoms with E-state index in [1.165, 1.54) is 6.92 Å². The normalized spacial score (nSPS) is 10.1. The molecule has 0 aromatic heterocycles. The van der Waals surface area contributed by atoms with Crippen molar-refractivity contribution >= 4 is 35.1 Å². The highest BCUT2D eigenvalue weighted by atomic mass is 32.2. The minimum Gasteiger partial charge on any atom is -0.454 e. The first-order valence-electron chi connectivity index (χ1n) is 7.21. The van der Waals surface area contributed by atoms with Crippen molar-refractivity contribution < 1.29 is 19.1 Å². The number of carbonyl (C=O) groups is 3. The van der Waals surface area contributed by atoms with Crippen LogP contribution in [0.4, 0.5) is 5.69 Å². The molecule has 0 atom stereocenters. The number of anilines is 1. The third-order valence-electron chi connectivity index (χ3n) is 3.19. The van der Waals surface area contributed by atoms with E-state index in [2.05, 4.69) is 5.32 Å². The molecule has 0 bridgehead atoms. The van der Waals surface area contributed by atoms with Gasteiger partial charge in [0.2, 0.25) is 5.91 Å². The number of carbonyl (C=O) groups excluding carboxylic acids is 3. The van der Waals surface area contributed by atoms with E-state index in [9.17, 15) is 14.4 Å². The number of Topliss-reactive ketones (excluding diaryl/α,β-unsaturated/α-hetero) is 1. The molecule has 0 spiro atoms. The second-order valence-electron chi connectivity index (χ2n) is 4.99. The van der Waals surface area contributed by atoms with Gasteiger partial charge < -0.3 is 10.1 Å². The minimum atomic E-state index is -0.536. The summed E-state index contributed by atoms with van der Waals surface area (Å²) in [5.41, 5.74) is 1.42. The summed E-state index contributed by atoms with van der Waals surface area (Å²) in [5.74, 6) is -1.03. The monoisotopic (exact) mass is 343 g/mol. The van der Waals surface area contributed by atoms with Gasteiger partial charge in [0.25, 0.3) is 0 Å². The first-order chi connectivity index (χ1) is 11.5. The molecule has 0 unspecified atom stereocenters. The molecule has 24 heavy (non-hydrogen) atoms. The number of nitrogens with one attached hydrogen (secondary N) is 1. The van der Waals surface area contributed by atoms with Gasteiger partial charge in [-0.3, -0.25) is 9.59 Å². The lowest BCUT2D eigenvalue weighted by atomic mass is 10.1. The summed E-state index contributed by atoms with van der Waals surface area (Å²) in [6.07, 6.45) is 1.95. The Balaban J connectivity index is 1.91. The van der Waals surface area contributed by atoms with Crippen LogP contribution < -0.4 is 5.32 Å². The van der Waals surface area contributed by atoms with Gasteiger partial charge in [0.05, 0.1) is 5.56 Å². The van der Waals surface area contributed by atoms with Crippen LogP contribution in [0.1, 0.15) is 27.6 Å². The van der Waals surface area contributed by atoms with Gasteiger partial charge in [-0.05, 0) is 54.8 Å². The van der Waals surface area contributed by atoms with E-state index in [0.717, 1.165) is 4.90 Å². The fraction of sp³-hybridized carbons (Fsp3) is 0.167. The first-order valence-corrected chi connectivity index (χ1v) is 8.44. The Labute approximate surface area is 144 Å². The summed E-state index contributed by atoms with van der Waals surface area (Å²) < 4.78 is 5.05. The number of benzene rings is 2. The fourth-order valence-corrected chi connectivity index (χ4v) is 2.38. The highest BCUT2D eigenvalue weighted by Crippen LogP contribution is 2.15. The van der Waals surface area contributed by atoms with Crippen molar-refractivity contribution in [1.29, 1.82) is 0 Å². The Hall–Kier alpha value is -2.60. The second kappa shape index (κ2) is 8.31. The lowest BCUT2D eigenvalue weighted by Gasteiger charge is -2.06. The summed E-state index contributed by atoms with van der Waals surface area (Å²) in [7, 11) is 0. The Morgan fingerprint density at radius 2 is 1.54 bits per heavy atom. The van der Waals surface area contributed by atoms with Gasteiger partial charge >= 0.3 is 5.97 Å². The SMILES string of the molecule is CSc1ccc(C(=O)OCC(=O)c2ccc(NC(C)=O)cc2)cc1. The summed E-state index contributed by atoms with van der Waals surface area (Å²) in [6, 6.07) is 13.4. The number of ether oxygens (including phenoxy) is 1. The zero-order valence-corrected chi connectivity index (χ0v) is 14.2. The minimum absolute atomic E-state index is 0.185. The molecule has 124 valence electrons. The molecule has 2 aromatic carbocycles. The molecule has 2 aromatic rings. The van der Waals surface area contributed by atoms with E-state index >= 15 is 0 Å². The number of amides is 1. The molecule has 1 N–H and O–H groups in total. The number of hydrogen-bond donors (Lipinski definition) is 1. The molecule has 0 fully saturated rings. The number of hydrogen-bond acceptors (Lipinski definition) is 5. The topological polar surface area (TPSA) is 72.5 Å². The lowest BCUT2D eigenvalue weighted by molar-refractivity contribution is -0.114. The molecular formula is C18H17NO4S. The molecule has 6 heteroatoms. The van der Waals surface area contributed by atoms with Crippen LogP contribution in [0.2, 0.25) is 0 Å². The third kappa shape index (κ3) is 4.96. The van der Waals surface area contributed by atoms with Crippen LogP contribution in [0.5, 0.6) is 0 Å². The number of thioether (sulfide) groups is 1. The Morgan fingerprint density at radius 1 is 0.958 bits per heavy atom. The Kier molecular flexibility index (Phi) is 6.14. The third-order valence-corrected chi connectivity index (χ3v) is 3.93. The summed E-state index contributed by atoms with van der Waals surface area (Å²) in [6.45, 7) is 1.08. The second-order valence-corrected chi connectivity index (χ2v) is 5.87. The van der Waals surface area contributed by atoms with Gasteiger partial charge in [0.15, 0.2) is 12.4 Å². The quantitative estimate of drug-likeness (QED) is 0.494. The van der Waals surface area contributed by atoms with Gasteiger partial charge in [-0.2, -0.15) is 0 Å². The van der Waals surface area contributed by atoms with Crippen molar-refractivity contribution in [3.63, 3.8) is 0 Å². The van der Waals surface area contributed by atoms with Gasteiger partial charge in [-0.15, -0.1) is 11.8 Å². The predicted molar refractivity (Wildman–Crippen MR) is 93.6 cm³/mol. The fourth-order valence-electron chi connectivity index (χ4n) is 1.97. The van der Waals surface area contributed by atoms with Gasteiger partial charge in [-0.25, -0.2) is 4.79 Å². The van der Waals surface area contributed by atoms with Crippen LogP contribution in [0.3, 0.4) is 0 Å². The van der Waals surface area contributed by atoms with E-state index < -0.39 is 5.97 Å². The number of rotatable bonds is 6. The van der Waals surface area contributed by atoms with Crippen molar-refractivity contribution in [3.05, 3.63) is 59.7 Å². The lowest BCUT2D eigenvalue weighted by Crippen LogP contribution is -2.14. The molecule has 0 heterocycles. The Morgan fingerprint density at radius 3 is 2.08 bits per heavy atom. The van der Waals surface area contributed by atoms with Crippen LogP contribution >= 0.6 is 11.8 Å². The Bertz CT molecular complexity index is 739. The molecule has 0 aliphatic rings. The number of esters is 1. The van der Waals surface area contributed by atoms with Gasteiger partial charge in [0.1, 0.15) is 0 Å². The van der Waals surface area contributed by atoms with E-state index in [1.807, 2.05) is 18.4 Å². The van der Waals surface area contributed by atoms with Crippen molar-refractivity contribution in [2.24, 2.45) is 0 Å². The van der Waals surface area contributed by atoms with Gasteiger partial charge in [0, 0.05) is 23.1 Å². The largest absolute Gasteiger partial charge is 0.454 e. The molecule has 5 nitrogen and oxygen atoms in total. The molecule has 0 radical (unpaired) electrons. The summed E-state index contributed by atoms with van der Waals surface area (Å²) >= 11 is 1.58. The summed E-state index contributed by atoms with van der Waals surface area (Å²) in [5, 5.41) is 2.61. The standard InChI is InChI=1S/C18H17NO4S/c1-12(20)19-15-7-3-13(4-8-15)17(21)11-23-18(22)14-5-9-16(24-2)10-6-14/h3-10H,11H2,1-2H3,(H,19,20). The molecule has 0 aliphatic heterocycles.